The molecule has 0 saturated heterocycles. The Labute approximate surface area is 94.5 Å². The van der Waals surface area contributed by atoms with Crippen LogP contribution in [0.3, 0.4) is 0 Å². The minimum atomic E-state index is -4.50. The largest absolute Gasteiger partial charge is 0.497 e. The van der Waals surface area contributed by atoms with Crippen LogP contribution in [0.5, 0.6) is 5.75 Å². The van der Waals surface area contributed by atoms with Gasteiger partial charge in [-0.15, -0.1) is 3.89 Å². The normalized spacial score (nSPS) is 20.2. The zero-order valence-corrected chi connectivity index (χ0v) is 9.76. The second kappa shape index (κ2) is 4.05. The molecule has 3 nitrogen and oxygen atoms in total. The molecule has 16 heavy (non-hydrogen) atoms. The number of hydrogen-bond donors (Lipinski definition) is 0. The second-order valence-corrected chi connectivity index (χ2v) is 5.44. The molecule has 2 rings (SSSR count). The van der Waals surface area contributed by atoms with Crippen molar-refractivity contribution in [2.75, 3.05) is 7.11 Å². The number of hydrogen-bond acceptors (Lipinski definition) is 3. The first kappa shape index (κ1) is 11.4. The van der Waals surface area contributed by atoms with E-state index in [1.54, 1.807) is 25.3 Å². The van der Waals surface area contributed by atoms with Crippen LogP contribution in [0, 0.1) is 0 Å². The fraction of sp³-hybridized carbons (Fsp3) is 0.455. The Kier molecular flexibility index (Phi) is 2.88. The number of ether oxygens (including phenoxy) is 1. The Bertz CT molecular complexity index is 496. The van der Waals surface area contributed by atoms with Crippen molar-refractivity contribution < 1.29 is 17.0 Å². The van der Waals surface area contributed by atoms with Crippen molar-refractivity contribution in [3.63, 3.8) is 0 Å². The van der Waals surface area contributed by atoms with Gasteiger partial charge in [0.05, 0.1) is 7.11 Å². The summed E-state index contributed by atoms with van der Waals surface area (Å²) in [7, 11) is -2.95. The average Bonchev–Trinajstić information content (AvgIpc) is 2.26. The predicted octanol–water partition coefficient (Wildman–Crippen LogP) is 2.37. The summed E-state index contributed by atoms with van der Waals surface area (Å²) < 4.78 is 40.1. The van der Waals surface area contributed by atoms with Gasteiger partial charge in [-0.05, 0) is 42.5 Å². The molecule has 1 aromatic rings. The van der Waals surface area contributed by atoms with E-state index in [9.17, 15) is 12.3 Å². The molecule has 88 valence electrons. The van der Waals surface area contributed by atoms with E-state index in [1.165, 1.54) is 0 Å². The first-order valence-electron chi connectivity index (χ1n) is 5.12. The molecule has 1 aromatic carbocycles. The van der Waals surface area contributed by atoms with Crippen molar-refractivity contribution in [3.8, 4) is 5.75 Å². The van der Waals surface area contributed by atoms with Gasteiger partial charge in [0.25, 0.3) is 0 Å². The molecule has 1 aliphatic carbocycles. The molecule has 0 spiro atoms. The molecule has 0 saturated carbocycles. The maximum absolute atomic E-state index is 13.1. The van der Waals surface area contributed by atoms with Crippen LogP contribution in [-0.2, 0) is 16.6 Å². The number of methoxy groups -OCH3 is 1. The van der Waals surface area contributed by atoms with Crippen LogP contribution < -0.4 is 4.74 Å². The number of aryl methyl sites for hydroxylation is 1. The maximum atomic E-state index is 13.1. The van der Waals surface area contributed by atoms with Crippen molar-refractivity contribution in [2.45, 2.75) is 24.5 Å². The Morgan fingerprint density at radius 2 is 2.19 bits per heavy atom. The van der Waals surface area contributed by atoms with Crippen molar-refractivity contribution >= 4 is 10.2 Å². The van der Waals surface area contributed by atoms with Gasteiger partial charge in [0, 0.05) is 0 Å². The molecule has 0 fully saturated rings. The highest BCUT2D eigenvalue weighted by Gasteiger charge is 2.31. The van der Waals surface area contributed by atoms with Gasteiger partial charge >= 0.3 is 10.2 Å². The van der Waals surface area contributed by atoms with E-state index in [0.29, 0.717) is 24.2 Å². The van der Waals surface area contributed by atoms with E-state index in [2.05, 4.69) is 0 Å². The minimum Gasteiger partial charge on any atom is -0.497 e. The Hall–Kier alpha value is -1.10. The Morgan fingerprint density at radius 1 is 1.44 bits per heavy atom. The van der Waals surface area contributed by atoms with E-state index in [-0.39, 0.29) is 0 Å². The van der Waals surface area contributed by atoms with Crippen LogP contribution >= 0.6 is 0 Å². The lowest BCUT2D eigenvalue weighted by Crippen LogP contribution is -2.15. The zero-order chi connectivity index (χ0) is 11.8. The van der Waals surface area contributed by atoms with Crippen LogP contribution in [0.25, 0.3) is 0 Å². The van der Waals surface area contributed by atoms with Crippen LogP contribution in [-0.4, -0.2) is 15.5 Å². The summed E-state index contributed by atoms with van der Waals surface area (Å²) in [5.74, 6) is 0.677. The Balaban J connectivity index is 2.48. The number of benzene rings is 1. The van der Waals surface area contributed by atoms with Gasteiger partial charge < -0.3 is 4.74 Å². The quantitative estimate of drug-likeness (QED) is 0.750. The Morgan fingerprint density at radius 3 is 2.81 bits per heavy atom. The van der Waals surface area contributed by atoms with E-state index < -0.39 is 15.5 Å². The second-order valence-electron chi connectivity index (χ2n) is 3.92. The molecule has 0 radical (unpaired) electrons. The molecule has 0 aliphatic heterocycles. The van der Waals surface area contributed by atoms with Gasteiger partial charge in [-0.25, -0.2) is 0 Å². The summed E-state index contributed by atoms with van der Waals surface area (Å²) in [5, 5.41) is -0.998. The highest BCUT2D eigenvalue weighted by atomic mass is 32.3. The molecular formula is C11H13FO3S. The first-order chi connectivity index (χ1) is 7.52. The zero-order valence-electron chi connectivity index (χ0n) is 8.94. The molecule has 5 heteroatoms. The molecule has 0 N–H and O–H groups in total. The lowest BCUT2D eigenvalue weighted by atomic mass is 9.91. The summed E-state index contributed by atoms with van der Waals surface area (Å²) in [4.78, 5) is 0. The fourth-order valence-corrected chi connectivity index (χ4v) is 3.15. The summed E-state index contributed by atoms with van der Waals surface area (Å²) in [5.41, 5.74) is 1.45. The van der Waals surface area contributed by atoms with Crippen LogP contribution in [0.2, 0.25) is 0 Å². The van der Waals surface area contributed by atoms with Crippen molar-refractivity contribution in [1.82, 2.24) is 0 Å². The third-order valence-corrected chi connectivity index (χ3v) is 4.12. The number of rotatable bonds is 2. The van der Waals surface area contributed by atoms with Crippen molar-refractivity contribution in [2.24, 2.45) is 0 Å². The van der Waals surface area contributed by atoms with Crippen LogP contribution in [0.4, 0.5) is 3.89 Å². The third kappa shape index (κ3) is 2.04. The molecule has 0 amide bonds. The molecule has 1 aliphatic rings. The molecule has 1 atom stereocenters. The maximum Gasteiger partial charge on any atom is 0.309 e. The van der Waals surface area contributed by atoms with Gasteiger partial charge in [-0.2, -0.15) is 8.42 Å². The molecule has 0 aromatic heterocycles. The van der Waals surface area contributed by atoms with E-state index >= 15 is 0 Å². The van der Waals surface area contributed by atoms with Crippen molar-refractivity contribution in [1.29, 1.82) is 0 Å². The minimum absolute atomic E-state index is 0.359. The fourth-order valence-electron chi connectivity index (χ4n) is 2.17. The van der Waals surface area contributed by atoms with E-state index in [0.717, 1.165) is 12.0 Å². The van der Waals surface area contributed by atoms with E-state index in [1.807, 2.05) is 0 Å². The van der Waals surface area contributed by atoms with Gasteiger partial charge in [0.1, 0.15) is 11.0 Å². The SMILES string of the molecule is COc1ccc2c(c1)CCCC2S(=O)(=O)F. The monoisotopic (exact) mass is 244 g/mol. The van der Waals surface area contributed by atoms with E-state index in [4.69, 9.17) is 4.74 Å². The van der Waals surface area contributed by atoms with Crippen molar-refractivity contribution in [3.05, 3.63) is 29.3 Å². The standard InChI is InChI=1S/C11H13FO3S/c1-15-9-5-6-10-8(7-9)3-2-4-11(10)16(12,13)14/h5-7,11H,2-4H2,1H3. The molecule has 1 unspecified atom stereocenters. The first-order valence-corrected chi connectivity index (χ1v) is 6.57. The summed E-state index contributed by atoms with van der Waals surface area (Å²) in [6.45, 7) is 0. The highest BCUT2D eigenvalue weighted by molar-refractivity contribution is 7.86. The van der Waals surface area contributed by atoms with Gasteiger partial charge in [0.2, 0.25) is 0 Å². The molecule has 0 bridgehead atoms. The third-order valence-electron chi connectivity index (χ3n) is 2.95. The number of fused-ring (bicyclic) bond motifs is 1. The smallest absolute Gasteiger partial charge is 0.309 e. The average molecular weight is 244 g/mol. The lowest BCUT2D eigenvalue weighted by molar-refractivity contribution is 0.413. The molecular weight excluding hydrogens is 231 g/mol. The predicted molar refractivity (Wildman–Crippen MR) is 58.7 cm³/mol. The van der Waals surface area contributed by atoms with Gasteiger partial charge in [0.15, 0.2) is 0 Å². The summed E-state index contributed by atoms with van der Waals surface area (Å²) >= 11 is 0. The lowest BCUT2D eigenvalue weighted by Gasteiger charge is -2.22. The topological polar surface area (TPSA) is 43.4 Å². The summed E-state index contributed by atoms with van der Waals surface area (Å²) in [6.07, 6.45) is 1.82. The van der Waals surface area contributed by atoms with Crippen LogP contribution in [0.15, 0.2) is 18.2 Å². The van der Waals surface area contributed by atoms with Gasteiger partial charge in [-0.1, -0.05) is 6.07 Å². The van der Waals surface area contributed by atoms with Crippen LogP contribution in [0.1, 0.15) is 29.2 Å². The highest BCUT2D eigenvalue weighted by Crippen LogP contribution is 2.37. The van der Waals surface area contributed by atoms with Gasteiger partial charge in [-0.3, -0.25) is 0 Å². The molecule has 0 heterocycles. The summed E-state index contributed by atoms with van der Waals surface area (Å²) in [6, 6.07) is 5.10. The number of halogens is 1.